The molecular formula is C15H14O5. The second kappa shape index (κ2) is 4.10. The molecule has 1 heterocycles. The molecule has 0 radical (unpaired) electrons. The second-order valence-electron chi connectivity index (χ2n) is 5.07. The van der Waals surface area contributed by atoms with Crippen molar-refractivity contribution in [2.45, 2.75) is 26.4 Å². The Hall–Kier alpha value is -2.30. The van der Waals surface area contributed by atoms with Gasteiger partial charge in [-0.15, -0.1) is 0 Å². The number of ether oxygens (including phenoxy) is 2. The van der Waals surface area contributed by atoms with E-state index in [0.717, 1.165) is 11.6 Å². The standard InChI is InChI=1S/C15H14O5/c1-6-4-8-7(2)13(17)11-9(16)5-10(19-3)14(18)12(11)15(8)20-6/h5-6,17H,4H2,1-3H3/t6-/m0/s1. The van der Waals surface area contributed by atoms with Gasteiger partial charge < -0.3 is 14.6 Å². The van der Waals surface area contributed by atoms with Gasteiger partial charge in [0.2, 0.25) is 5.78 Å². The fourth-order valence-corrected chi connectivity index (χ4v) is 2.78. The Kier molecular flexibility index (Phi) is 2.61. The predicted octanol–water partition coefficient (Wildman–Crippen LogP) is 1.93. The second-order valence-corrected chi connectivity index (χ2v) is 5.07. The fraction of sp³-hybridized carbons (Fsp3) is 0.333. The Morgan fingerprint density at radius 3 is 2.70 bits per heavy atom. The summed E-state index contributed by atoms with van der Waals surface area (Å²) in [6.07, 6.45) is 1.62. The number of phenolic OH excluding ortho intramolecular Hbond substituents is 1. The van der Waals surface area contributed by atoms with Crippen LogP contribution in [0, 0.1) is 6.92 Å². The molecule has 1 N–H and O–H groups in total. The number of benzene rings is 1. The van der Waals surface area contributed by atoms with Crippen molar-refractivity contribution in [1.82, 2.24) is 0 Å². The lowest BCUT2D eigenvalue weighted by Gasteiger charge is -2.19. The van der Waals surface area contributed by atoms with Gasteiger partial charge in [0, 0.05) is 18.1 Å². The maximum Gasteiger partial charge on any atom is 0.232 e. The van der Waals surface area contributed by atoms with Gasteiger partial charge in [-0.05, 0) is 19.4 Å². The van der Waals surface area contributed by atoms with Crippen LogP contribution >= 0.6 is 0 Å². The van der Waals surface area contributed by atoms with E-state index in [1.807, 2.05) is 6.92 Å². The van der Waals surface area contributed by atoms with E-state index in [1.54, 1.807) is 6.92 Å². The fourth-order valence-electron chi connectivity index (χ4n) is 2.78. The molecule has 1 aliphatic carbocycles. The van der Waals surface area contributed by atoms with Crippen molar-refractivity contribution in [1.29, 1.82) is 0 Å². The smallest absolute Gasteiger partial charge is 0.232 e. The quantitative estimate of drug-likeness (QED) is 0.847. The van der Waals surface area contributed by atoms with Crippen LogP contribution in [0.1, 0.15) is 38.8 Å². The molecule has 0 aromatic heterocycles. The third-order valence-corrected chi connectivity index (χ3v) is 3.79. The van der Waals surface area contributed by atoms with Gasteiger partial charge in [-0.2, -0.15) is 0 Å². The summed E-state index contributed by atoms with van der Waals surface area (Å²) in [6, 6.07) is 0. The van der Waals surface area contributed by atoms with E-state index in [-0.39, 0.29) is 28.7 Å². The highest BCUT2D eigenvalue weighted by Crippen LogP contribution is 2.45. The van der Waals surface area contributed by atoms with Gasteiger partial charge >= 0.3 is 0 Å². The number of carbonyl (C=O) groups is 2. The first-order valence-corrected chi connectivity index (χ1v) is 6.35. The van der Waals surface area contributed by atoms with Crippen LogP contribution in [0.3, 0.4) is 0 Å². The van der Waals surface area contributed by atoms with Crippen LogP contribution in [-0.2, 0) is 11.2 Å². The number of phenols is 1. The Balaban J connectivity index is 2.35. The molecule has 104 valence electrons. The van der Waals surface area contributed by atoms with Crippen LogP contribution in [0.5, 0.6) is 11.5 Å². The maximum atomic E-state index is 12.4. The largest absolute Gasteiger partial charge is 0.507 e. The van der Waals surface area contributed by atoms with Crippen LogP contribution in [0.15, 0.2) is 11.8 Å². The van der Waals surface area contributed by atoms with Crippen molar-refractivity contribution in [2.24, 2.45) is 0 Å². The summed E-state index contributed by atoms with van der Waals surface area (Å²) in [5.74, 6) is -0.633. The molecule has 2 aliphatic rings. The normalized spacial score (nSPS) is 20.1. The van der Waals surface area contributed by atoms with Gasteiger partial charge in [-0.25, -0.2) is 0 Å². The van der Waals surface area contributed by atoms with Gasteiger partial charge in [0.05, 0.1) is 18.2 Å². The van der Waals surface area contributed by atoms with Crippen LogP contribution in [0.25, 0.3) is 0 Å². The molecule has 0 amide bonds. The first-order valence-electron chi connectivity index (χ1n) is 6.35. The molecule has 1 aromatic carbocycles. The summed E-state index contributed by atoms with van der Waals surface area (Å²) < 4.78 is 10.6. The van der Waals surface area contributed by atoms with Gasteiger partial charge in [-0.3, -0.25) is 9.59 Å². The van der Waals surface area contributed by atoms with Crippen molar-refractivity contribution in [3.8, 4) is 11.5 Å². The van der Waals surface area contributed by atoms with Gasteiger partial charge in [0.25, 0.3) is 0 Å². The Bertz CT molecular complexity index is 684. The van der Waals surface area contributed by atoms with E-state index in [9.17, 15) is 14.7 Å². The van der Waals surface area contributed by atoms with E-state index in [4.69, 9.17) is 9.47 Å². The third-order valence-electron chi connectivity index (χ3n) is 3.79. The highest BCUT2D eigenvalue weighted by molar-refractivity contribution is 6.26. The molecule has 0 saturated heterocycles. The number of allylic oxidation sites excluding steroid dienone is 2. The number of hydrogen-bond acceptors (Lipinski definition) is 5. The molecule has 1 aromatic rings. The van der Waals surface area contributed by atoms with Crippen LogP contribution in [0.4, 0.5) is 0 Å². The maximum absolute atomic E-state index is 12.4. The van der Waals surface area contributed by atoms with Crippen LogP contribution in [-0.4, -0.2) is 29.9 Å². The number of methoxy groups -OCH3 is 1. The van der Waals surface area contributed by atoms with E-state index >= 15 is 0 Å². The molecule has 5 heteroatoms. The number of rotatable bonds is 1. The molecular weight excluding hydrogens is 260 g/mol. The Morgan fingerprint density at radius 2 is 2.05 bits per heavy atom. The lowest BCUT2D eigenvalue weighted by Crippen LogP contribution is -2.20. The number of aromatic hydroxyl groups is 1. The monoisotopic (exact) mass is 274 g/mol. The minimum absolute atomic E-state index is 0.0150. The van der Waals surface area contributed by atoms with Crippen molar-refractivity contribution < 1.29 is 24.2 Å². The average molecular weight is 274 g/mol. The first-order chi connectivity index (χ1) is 9.45. The number of Topliss-reactive ketones (excluding diaryl/α,β-unsaturated/α-hetero) is 1. The summed E-state index contributed by atoms with van der Waals surface area (Å²) in [5.41, 5.74) is 1.52. The molecule has 0 unspecified atom stereocenters. The zero-order valence-corrected chi connectivity index (χ0v) is 11.4. The highest BCUT2D eigenvalue weighted by Gasteiger charge is 2.38. The average Bonchev–Trinajstić information content (AvgIpc) is 2.80. The van der Waals surface area contributed by atoms with E-state index in [2.05, 4.69) is 0 Å². The summed E-state index contributed by atoms with van der Waals surface area (Å²) in [6.45, 7) is 3.61. The SMILES string of the molecule is COC1=CC(=O)c2c(O)c(C)c3c(c2C1=O)O[C@@H](C)C3. The molecule has 0 bridgehead atoms. The third kappa shape index (κ3) is 1.49. The zero-order chi connectivity index (χ0) is 14.6. The minimum Gasteiger partial charge on any atom is -0.507 e. The van der Waals surface area contributed by atoms with Gasteiger partial charge in [-0.1, -0.05) is 0 Å². The Morgan fingerprint density at radius 1 is 1.35 bits per heavy atom. The molecule has 5 nitrogen and oxygen atoms in total. The predicted molar refractivity (Wildman–Crippen MR) is 70.4 cm³/mol. The van der Waals surface area contributed by atoms with Gasteiger partial charge in [0.15, 0.2) is 11.5 Å². The minimum atomic E-state index is -0.442. The highest BCUT2D eigenvalue weighted by atomic mass is 16.5. The number of ketones is 2. The van der Waals surface area contributed by atoms with Crippen molar-refractivity contribution >= 4 is 11.6 Å². The molecule has 1 atom stereocenters. The van der Waals surface area contributed by atoms with Crippen molar-refractivity contribution in [3.05, 3.63) is 34.1 Å². The van der Waals surface area contributed by atoms with Crippen LogP contribution < -0.4 is 4.74 Å². The summed E-state index contributed by atoms with van der Waals surface area (Å²) in [7, 11) is 1.33. The molecule has 0 fully saturated rings. The number of hydrogen-bond donors (Lipinski definition) is 1. The van der Waals surface area contributed by atoms with Crippen molar-refractivity contribution in [2.75, 3.05) is 7.11 Å². The molecule has 0 saturated carbocycles. The molecule has 3 rings (SSSR count). The van der Waals surface area contributed by atoms with E-state index < -0.39 is 11.6 Å². The topological polar surface area (TPSA) is 72.8 Å². The number of carbonyl (C=O) groups excluding carboxylic acids is 2. The Labute approximate surface area is 115 Å². The molecule has 20 heavy (non-hydrogen) atoms. The zero-order valence-electron chi connectivity index (χ0n) is 11.4. The van der Waals surface area contributed by atoms with E-state index in [1.165, 1.54) is 7.11 Å². The lowest BCUT2D eigenvalue weighted by atomic mass is 9.87. The van der Waals surface area contributed by atoms with E-state index in [0.29, 0.717) is 17.7 Å². The first kappa shape index (κ1) is 12.7. The van der Waals surface area contributed by atoms with Crippen LogP contribution in [0.2, 0.25) is 0 Å². The lowest BCUT2D eigenvalue weighted by molar-refractivity contribution is 0.0910. The molecule has 1 aliphatic heterocycles. The number of fused-ring (bicyclic) bond motifs is 3. The molecule has 0 spiro atoms. The van der Waals surface area contributed by atoms with Gasteiger partial charge in [0.1, 0.15) is 17.6 Å². The summed E-state index contributed by atoms with van der Waals surface area (Å²) in [5, 5.41) is 10.2. The summed E-state index contributed by atoms with van der Waals surface area (Å²) in [4.78, 5) is 24.5. The van der Waals surface area contributed by atoms with Crippen molar-refractivity contribution in [3.63, 3.8) is 0 Å². The summed E-state index contributed by atoms with van der Waals surface area (Å²) >= 11 is 0.